The fourth-order valence-corrected chi connectivity index (χ4v) is 4.29. The van der Waals surface area contributed by atoms with E-state index in [1.807, 2.05) is 6.92 Å². The molecule has 2 amide bonds. The molecule has 0 fully saturated rings. The average molecular weight is 519 g/mol. The second kappa shape index (κ2) is 11.9. The number of hydrogen-bond donors (Lipinski definition) is 1. The van der Waals surface area contributed by atoms with Gasteiger partial charge in [-0.25, -0.2) is 8.78 Å². The maximum atomic E-state index is 14.0. The Kier molecular flexibility index (Phi) is 9.07. The van der Waals surface area contributed by atoms with Crippen LogP contribution in [0.5, 0.6) is 5.75 Å². The first-order chi connectivity index (χ1) is 17.4. The zero-order chi connectivity index (χ0) is 27.3. The van der Waals surface area contributed by atoms with Crippen LogP contribution in [0.1, 0.15) is 60.3 Å². The largest absolute Gasteiger partial charge is 0.453 e. The molecule has 0 bridgehead atoms. The van der Waals surface area contributed by atoms with Gasteiger partial charge in [-0.1, -0.05) is 32.3 Å². The van der Waals surface area contributed by atoms with Gasteiger partial charge in [-0.15, -0.1) is 0 Å². The van der Waals surface area contributed by atoms with Crippen molar-refractivity contribution in [3.63, 3.8) is 0 Å². The molecular formula is C27H36F2N4O4. The minimum absolute atomic E-state index is 0.0469. The highest BCUT2D eigenvalue weighted by atomic mass is 19.1. The molecule has 1 aromatic carbocycles. The Balaban J connectivity index is 1.79. The third kappa shape index (κ3) is 7.15. The number of amides is 2. The zero-order valence-corrected chi connectivity index (χ0v) is 22.1. The number of rotatable bonds is 12. The van der Waals surface area contributed by atoms with Crippen molar-refractivity contribution in [1.29, 1.82) is 0 Å². The second-order valence-electron chi connectivity index (χ2n) is 10.1. The summed E-state index contributed by atoms with van der Waals surface area (Å²) < 4.78 is 35.0. The number of hydrogen-bond acceptors (Lipinski definition) is 5. The monoisotopic (exact) mass is 518 g/mol. The molecule has 2 atom stereocenters. The van der Waals surface area contributed by atoms with Crippen LogP contribution in [0.2, 0.25) is 0 Å². The van der Waals surface area contributed by atoms with Crippen LogP contribution in [0.25, 0.3) is 0 Å². The quantitative estimate of drug-likeness (QED) is 0.420. The van der Waals surface area contributed by atoms with Crippen LogP contribution in [0.15, 0.2) is 42.3 Å². The maximum absolute atomic E-state index is 14.0. The molecule has 1 aromatic heterocycles. The number of anilines is 1. The molecule has 1 N–H and O–H groups in total. The molecule has 3 rings (SSSR count). The van der Waals surface area contributed by atoms with E-state index in [1.54, 1.807) is 42.6 Å². The molecule has 0 radical (unpaired) electrons. The van der Waals surface area contributed by atoms with E-state index in [4.69, 9.17) is 4.74 Å². The summed E-state index contributed by atoms with van der Waals surface area (Å²) >= 11 is 0. The number of carbonyl (C=O) groups excluding carboxylic acids is 2. The van der Waals surface area contributed by atoms with E-state index in [-0.39, 0.29) is 30.8 Å². The molecule has 1 aliphatic rings. The SMILES string of the molecule is CCCCCC(C)N(C(=O)C(C)N1CC(Oc2c(F)cccc2F)=CC1=O)c1ccn(CC(C)(C)O)n1. The average Bonchev–Trinajstić information content (AvgIpc) is 3.41. The molecule has 0 aliphatic carbocycles. The zero-order valence-electron chi connectivity index (χ0n) is 22.1. The topological polar surface area (TPSA) is 87.9 Å². The van der Waals surface area contributed by atoms with Crippen LogP contribution in [0.4, 0.5) is 14.6 Å². The van der Waals surface area contributed by atoms with Gasteiger partial charge in [-0.2, -0.15) is 5.10 Å². The highest BCUT2D eigenvalue weighted by molar-refractivity contribution is 6.01. The lowest BCUT2D eigenvalue weighted by Crippen LogP contribution is -2.51. The third-order valence-electron chi connectivity index (χ3n) is 6.20. The van der Waals surface area contributed by atoms with E-state index in [0.717, 1.165) is 43.9 Å². The Morgan fingerprint density at radius 3 is 2.51 bits per heavy atom. The first-order valence-corrected chi connectivity index (χ1v) is 12.6. The maximum Gasteiger partial charge on any atom is 0.251 e. The van der Waals surface area contributed by atoms with Crippen LogP contribution in [-0.4, -0.2) is 55.8 Å². The van der Waals surface area contributed by atoms with Gasteiger partial charge in [0.2, 0.25) is 0 Å². The smallest absolute Gasteiger partial charge is 0.251 e. The molecule has 2 aromatic rings. The predicted molar refractivity (Wildman–Crippen MR) is 136 cm³/mol. The van der Waals surface area contributed by atoms with Gasteiger partial charge >= 0.3 is 0 Å². The highest BCUT2D eigenvalue weighted by Crippen LogP contribution is 2.27. The van der Waals surface area contributed by atoms with Gasteiger partial charge in [-0.3, -0.25) is 19.2 Å². The van der Waals surface area contributed by atoms with Crippen molar-refractivity contribution in [1.82, 2.24) is 14.7 Å². The molecule has 0 spiro atoms. The van der Waals surface area contributed by atoms with Crippen molar-refractivity contribution in [2.24, 2.45) is 0 Å². The Bertz CT molecular complexity index is 1120. The van der Waals surface area contributed by atoms with Crippen molar-refractivity contribution in [2.75, 3.05) is 11.4 Å². The van der Waals surface area contributed by atoms with E-state index in [2.05, 4.69) is 12.0 Å². The molecule has 0 saturated heterocycles. The van der Waals surface area contributed by atoms with Crippen LogP contribution in [0, 0.1) is 11.6 Å². The van der Waals surface area contributed by atoms with Crippen molar-refractivity contribution in [2.45, 2.75) is 84.5 Å². The number of unbranched alkanes of at least 4 members (excludes halogenated alkanes) is 2. The molecule has 1 aliphatic heterocycles. The van der Waals surface area contributed by atoms with Gasteiger partial charge in [0, 0.05) is 24.4 Å². The summed E-state index contributed by atoms with van der Waals surface area (Å²) in [5, 5.41) is 14.7. The number of halogens is 2. The summed E-state index contributed by atoms with van der Waals surface area (Å²) in [6, 6.07) is 3.98. The van der Waals surface area contributed by atoms with Gasteiger partial charge in [0.25, 0.3) is 11.8 Å². The second-order valence-corrected chi connectivity index (χ2v) is 10.1. The summed E-state index contributed by atoms with van der Waals surface area (Å²) in [5.74, 6) is -2.71. The van der Waals surface area contributed by atoms with Gasteiger partial charge in [0.15, 0.2) is 23.2 Å². The Labute approximate surface area is 216 Å². The minimum Gasteiger partial charge on any atom is -0.453 e. The summed E-state index contributed by atoms with van der Waals surface area (Å²) in [4.78, 5) is 29.4. The Hall–Kier alpha value is -3.27. The Morgan fingerprint density at radius 2 is 1.89 bits per heavy atom. The fourth-order valence-electron chi connectivity index (χ4n) is 4.29. The van der Waals surface area contributed by atoms with E-state index in [1.165, 1.54) is 11.0 Å². The number of aliphatic hydroxyl groups is 1. The first-order valence-electron chi connectivity index (χ1n) is 12.6. The van der Waals surface area contributed by atoms with E-state index in [9.17, 15) is 23.5 Å². The number of benzene rings is 1. The molecule has 8 nitrogen and oxygen atoms in total. The molecule has 2 unspecified atom stereocenters. The number of para-hydroxylation sites is 1. The van der Waals surface area contributed by atoms with E-state index in [0.29, 0.717) is 5.82 Å². The minimum atomic E-state index is -0.986. The fraction of sp³-hybridized carbons (Fsp3) is 0.519. The summed E-state index contributed by atoms with van der Waals surface area (Å²) in [6.45, 7) is 9.14. The Morgan fingerprint density at radius 1 is 1.22 bits per heavy atom. The first kappa shape index (κ1) is 28.3. The van der Waals surface area contributed by atoms with E-state index < -0.39 is 34.9 Å². The molecule has 37 heavy (non-hydrogen) atoms. The van der Waals surface area contributed by atoms with Crippen molar-refractivity contribution < 1.29 is 28.2 Å². The molecule has 10 heteroatoms. The molecule has 2 heterocycles. The van der Waals surface area contributed by atoms with Gasteiger partial charge in [-0.05, 0) is 46.2 Å². The van der Waals surface area contributed by atoms with Gasteiger partial charge in [0.1, 0.15) is 11.8 Å². The lowest BCUT2D eigenvalue weighted by molar-refractivity contribution is -0.134. The van der Waals surface area contributed by atoms with Crippen LogP contribution in [0.3, 0.4) is 0 Å². The highest BCUT2D eigenvalue weighted by Gasteiger charge is 2.36. The van der Waals surface area contributed by atoms with Crippen molar-refractivity contribution in [3.8, 4) is 5.75 Å². The number of nitrogens with zero attached hydrogens (tertiary/aromatic N) is 4. The summed E-state index contributed by atoms with van der Waals surface area (Å²) in [5.41, 5.74) is -0.986. The van der Waals surface area contributed by atoms with Crippen LogP contribution >= 0.6 is 0 Å². The van der Waals surface area contributed by atoms with Crippen molar-refractivity contribution in [3.05, 3.63) is 53.9 Å². The summed E-state index contributed by atoms with van der Waals surface area (Å²) in [7, 11) is 0. The van der Waals surface area contributed by atoms with Gasteiger partial charge in [0.05, 0.1) is 18.7 Å². The standard InChI is InChI=1S/C27H36F2N4O4/c1-6-7-8-10-18(2)33(23-13-14-31(30-23)17-27(4,5)36)26(35)19(3)32-16-20(15-24(32)34)37-25-21(28)11-9-12-22(25)29/h9,11-15,18-19,36H,6-8,10,16-17H2,1-5H3. The lowest BCUT2D eigenvalue weighted by atomic mass is 10.1. The van der Waals surface area contributed by atoms with E-state index >= 15 is 0 Å². The molecule has 202 valence electrons. The number of aromatic nitrogens is 2. The van der Waals surface area contributed by atoms with Crippen molar-refractivity contribution >= 4 is 17.6 Å². The van der Waals surface area contributed by atoms with Gasteiger partial charge < -0.3 is 14.7 Å². The predicted octanol–water partition coefficient (Wildman–Crippen LogP) is 4.43. The third-order valence-corrected chi connectivity index (χ3v) is 6.20. The molecular weight excluding hydrogens is 482 g/mol. The summed E-state index contributed by atoms with van der Waals surface area (Å²) in [6.07, 6.45) is 6.58. The molecule has 0 saturated carbocycles. The lowest BCUT2D eigenvalue weighted by Gasteiger charge is -2.33. The van der Waals surface area contributed by atoms with Crippen LogP contribution in [-0.2, 0) is 16.1 Å². The number of carbonyl (C=O) groups is 2. The van der Waals surface area contributed by atoms with Crippen LogP contribution < -0.4 is 9.64 Å². The number of ether oxygens (including phenoxy) is 1. The normalized spacial score (nSPS) is 15.5.